The summed E-state index contributed by atoms with van der Waals surface area (Å²) in [7, 11) is 0. The summed E-state index contributed by atoms with van der Waals surface area (Å²) in [5.41, 5.74) is 1.95. The molecule has 0 aliphatic rings. The van der Waals surface area contributed by atoms with Crippen molar-refractivity contribution in [2.24, 2.45) is 5.92 Å². The fourth-order valence-corrected chi connectivity index (χ4v) is 1.94. The Kier molecular flexibility index (Phi) is 6.92. The number of anilines is 1. The average Bonchev–Trinajstić information content (AvgIpc) is 2.40. The van der Waals surface area contributed by atoms with Crippen LogP contribution < -0.4 is 5.32 Å². The Hall–Kier alpha value is -1.84. The van der Waals surface area contributed by atoms with Gasteiger partial charge in [0.25, 0.3) is 0 Å². The van der Waals surface area contributed by atoms with Gasteiger partial charge in [0.2, 0.25) is 11.8 Å². The van der Waals surface area contributed by atoms with Gasteiger partial charge in [-0.3, -0.25) is 9.59 Å². The topological polar surface area (TPSA) is 49.4 Å². The lowest BCUT2D eigenvalue weighted by molar-refractivity contribution is -0.129. The summed E-state index contributed by atoms with van der Waals surface area (Å²) in [6, 6.07) is 7.68. The number of carbonyl (C=O) groups excluding carboxylic acids is 2. The van der Waals surface area contributed by atoms with E-state index in [2.05, 4.69) is 19.2 Å². The van der Waals surface area contributed by atoms with Gasteiger partial charge in [0.05, 0.1) is 0 Å². The minimum Gasteiger partial charge on any atom is -0.342 e. The molecule has 0 aliphatic carbocycles. The molecule has 1 aromatic carbocycles. The van der Waals surface area contributed by atoms with E-state index in [9.17, 15) is 9.59 Å². The summed E-state index contributed by atoms with van der Waals surface area (Å²) < 4.78 is 0. The molecule has 0 saturated heterocycles. The van der Waals surface area contributed by atoms with Crippen molar-refractivity contribution >= 4 is 17.5 Å². The van der Waals surface area contributed by atoms with Gasteiger partial charge in [-0.15, -0.1) is 0 Å². The van der Waals surface area contributed by atoms with Crippen molar-refractivity contribution in [3.8, 4) is 0 Å². The number of nitrogens with zero attached hydrogens (tertiary/aromatic N) is 1. The molecule has 0 spiro atoms. The van der Waals surface area contributed by atoms with E-state index in [0.29, 0.717) is 25.4 Å². The normalized spacial score (nSPS) is 10.5. The Bertz CT molecular complexity index is 466. The van der Waals surface area contributed by atoms with E-state index < -0.39 is 0 Å². The van der Waals surface area contributed by atoms with E-state index in [0.717, 1.165) is 17.7 Å². The highest BCUT2D eigenvalue weighted by Crippen LogP contribution is 2.09. The number of amides is 2. The summed E-state index contributed by atoms with van der Waals surface area (Å²) in [5, 5.41) is 2.85. The molecule has 1 aromatic rings. The van der Waals surface area contributed by atoms with Gasteiger partial charge < -0.3 is 10.2 Å². The van der Waals surface area contributed by atoms with Crippen molar-refractivity contribution in [2.45, 2.75) is 40.5 Å². The highest BCUT2D eigenvalue weighted by atomic mass is 16.2. The predicted octanol–water partition coefficient (Wildman–Crippen LogP) is 3.22. The van der Waals surface area contributed by atoms with Crippen LogP contribution in [0.5, 0.6) is 0 Å². The van der Waals surface area contributed by atoms with Crippen LogP contribution in [0.4, 0.5) is 5.69 Å². The summed E-state index contributed by atoms with van der Waals surface area (Å²) in [4.78, 5) is 25.2. The highest BCUT2D eigenvalue weighted by Gasteiger charge is 2.11. The van der Waals surface area contributed by atoms with Crippen LogP contribution in [0.15, 0.2) is 24.3 Å². The molecule has 116 valence electrons. The summed E-state index contributed by atoms with van der Waals surface area (Å²) >= 11 is 0. The monoisotopic (exact) mass is 290 g/mol. The lowest BCUT2D eigenvalue weighted by Gasteiger charge is -2.21. The Balaban J connectivity index is 2.42. The number of benzene rings is 1. The Morgan fingerprint density at radius 2 is 1.76 bits per heavy atom. The van der Waals surface area contributed by atoms with E-state index in [1.54, 1.807) is 11.8 Å². The zero-order valence-electron chi connectivity index (χ0n) is 13.5. The quantitative estimate of drug-likeness (QED) is 0.838. The summed E-state index contributed by atoms with van der Waals surface area (Å²) in [6.45, 7) is 9.00. The third-order valence-electron chi connectivity index (χ3n) is 3.37. The van der Waals surface area contributed by atoms with Crippen LogP contribution in [-0.2, 0) is 9.59 Å². The van der Waals surface area contributed by atoms with Crippen molar-refractivity contribution in [2.75, 3.05) is 18.4 Å². The van der Waals surface area contributed by atoms with E-state index in [1.807, 2.05) is 31.2 Å². The smallest absolute Gasteiger partial charge is 0.226 e. The molecular formula is C17H26N2O2. The molecule has 0 aliphatic heterocycles. The number of hydrogen-bond donors (Lipinski definition) is 1. The average molecular weight is 290 g/mol. The van der Waals surface area contributed by atoms with Crippen LogP contribution in [0.1, 0.15) is 39.2 Å². The molecule has 0 fully saturated rings. The summed E-state index contributed by atoms with van der Waals surface area (Å²) in [5.74, 6) is 0.515. The molecule has 0 heterocycles. The molecule has 2 amide bonds. The first-order valence-electron chi connectivity index (χ1n) is 7.50. The maximum Gasteiger partial charge on any atom is 0.226 e. The number of aryl methyl sites for hydroxylation is 1. The third kappa shape index (κ3) is 6.93. The molecule has 1 N–H and O–H groups in total. The van der Waals surface area contributed by atoms with Crippen LogP contribution in [-0.4, -0.2) is 29.8 Å². The molecule has 4 heteroatoms. The lowest BCUT2D eigenvalue weighted by atomic mass is 10.1. The van der Waals surface area contributed by atoms with Crippen molar-refractivity contribution in [1.29, 1.82) is 0 Å². The fraction of sp³-hybridized carbons (Fsp3) is 0.529. The first kappa shape index (κ1) is 17.2. The van der Waals surface area contributed by atoms with Crippen LogP contribution >= 0.6 is 0 Å². The maximum absolute atomic E-state index is 11.9. The van der Waals surface area contributed by atoms with E-state index in [1.165, 1.54) is 0 Å². The molecule has 0 atom stereocenters. The minimum atomic E-state index is -0.0605. The third-order valence-corrected chi connectivity index (χ3v) is 3.37. The Labute approximate surface area is 127 Å². The number of rotatable bonds is 7. The van der Waals surface area contributed by atoms with Crippen LogP contribution in [0.25, 0.3) is 0 Å². The van der Waals surface area contributed by atoms with Gasteiger partial charge >= 0.3 is 0 Å². The highest BCUT2D eigenvalue weighted by molar-refractivity contribution is 5.91. The molecule has 1 rings (SSSR count). The Morgan fingerprint density at radius 1 is 1.14 bits per heavy atom. The first-order valence-corrected chi connectivity index (χ1v) is 7.50. The summed E-state index contributed by atoms with van der Waals surface area (Å²) in [6.07, 6.45) is 1.28. The zero-order valence-corrected chi connectivity index (χ0v) is 13.5. The largest absolute Gasteiger partial charge is 0.342 e. The van der Waals surface area contributed by atoms with Crippen molar-refractivity contribution < 1.29 is 9.59 Å². The number of nitrogens with one attached hydrogen (secondary N) is 1. The first-order chi connectivity index (χ1) is 9.88. The molecule has 0 radical (unpaired) electrons. The van der Waals surface area contributed by atoms with Gasteiger partial charge in [-0.2, -0.15) is 0 Å². The standard InChI is InChI=1S/C17H26N2O2/c1-13(2)9-11-19(15(4)20)12-10-17(21)18-16-7-5-14(3)6-8-16/h5-8,13H,9-12H2,1-4H3,(H,18,21). The van der Waals surface area contributed by atoms with Gasteiger partial charge in [-0.1, -0.05) is 31.5 Å². The van der Waals surface area contributed by atoms with E-state index in [4.69, 9.17) is 0 Å². The van der Waals surface area contributed by atoms with Gasteiger partial charge in [0.1, 0.15) is 0 Å². The van der Waals surface area contributed by atoms with Crippen molar-refractivity contribution in [3.63, 3.8) is 0 Å². The molecule has 0 saturated carbocycles. The van der Waals surface area contributed by atoms with Crippen molar-refractivity contribution in [1.82, 2.24) is 4.90 Å². The molecular weight excluding hydrogens is 264 g/mol. The molecule has 0 aromatic heterocycles. The predicted molar refractivity (Wildman–Crippen MR) is 86.1 cm³/mol. The van der Waals surface area contributed by atoms with E-state index >= 15 is 0 Å². The van der Waals surface area contributed by atoms with Gasteiger partial charge in [-0.25, -0.2) is 0 Å². The molecule has 21 heavy (non-hydrogen) atoms. The van der Waals surface area contributed by atoms with Gasteiger partial charge in [-0.05, 0) is 31.4 Å². The Morgan fingerprint density at radius 3 is 2.29 bits per heavy atom. The molecule has 4 nitrogen and oxygen atoms in total. The second-order valence-electron chi connectivity index (χ2n) is 5.85. The SMILES string of the molecule is CC(=O)N(CCC(=O)Nc1ccc(C)cc1)CCC(C)C. The van der Waals surface area contributed by atoms with Crippen LogP contribution in [0.3, 0.4) is 0 Å². The van der Waals surface area contributed by atoms with Gasteiger partial charge in [0, 0.05) is 32.1 Å². The van der Waals surface area contributed by atoms with Crippen LogP contribution in [0, 0.1) is 12.8 Å². The van der Waals surface area contributed by atoms with E-state index in [-0.39, 0.29) is 11.8 Å². The van der Waals surface area contributed by atoms with Crippen LogP contribution in [0.2, 0.25) is 0 Å². The second-order valence-corrected chi connectivity index (χ2v) is 5.85. The van der Waals surface area contributed by atoms with Crippen molar-refractivity contribution in [3.05, 3.63) is 29.8 Å². The fourth-order valence-electron chi connectivity index (χ4n) is 1.94. The molecule has 0 unspecified atom stereocenters. The number of hydrogen-bond acceptors (Lipinski definition) is 2. The zero-order chi connectivity index (χ0) is 15.8. The van der Waals surface area contributed by atoms with Gasteiger partial charge in [0.15, 0.2) is 0 Å². The maximum atomic E-state index is 11.9. The molecule has 0 bridgehead atoms. The lowest BCUT2D eigenvalue weighted by Crippen LogP contribution is -2.33. The second kappa shape index (κ2) is 8.45. The number of carbonyl (C=O) groups is 2. The minimum absolute atomic E-state index is 0.0267.